The Morgan fingerprint density at radius 1 is 1.00 bits per heavy atom. The second-order valence-corrected chi connectivity index (χ2v) is 10.9. The maximum atomic E-state index is 12.6. The van der Waals surface area contributed by atoms with Crippen molar-refractivity contribution in [3.8, 4) is 16.9 Å². The van der Waals surface area contributed by atoms with Gasteiger partial charge in [-0.05, 0) is 59.9 Å². The number of aryl methyl sites for hydroxylation is 1. The van der Waals surface area contributed by atoms with Gasteiger partial charge in [-0.15, -0.1) is 0 Å². The number of hydrogen-bond acceptors (Lipinski definition) is 4. The van der Waals surface area contributed by atoms with Crippen LogP contribution in [0.15, 0.2) is 53.3 Å². The SMILES string of the molecule is COc1c(/C=C/c2ccc(NS(C)(=O)=O)cc2)cc(-c2ccc(C)[nH]c2=O)cc1C(C)(C)C. The Labute approximate surface area is 195 Å². The van der Waals surface area contributed by atoms with E-state index in [0.717, 1.165) is 40.0 Å². The Bertz CT molecular complexity index is 1350. The van der Waals surface area contributed by atoms with Gasteiger partial charge in [0.25, 0.3) is 5.56 Å². The third-order valence-electron chi connectivity index (χ3n) is 5.17. The highest BCUT2D eigenvalue weighted by molar-refractivity contribution is 7.92. The van der Waals surface area contributed by atoms with Gasteiger partial charge in [-0.2, -0.15) is 0 Å². The molecular formula is C26H30N2O4S. The van der Waals surface area contributed by atoms with Crippen LogP contribution < -0.4 is 15.0 Å². The van der Waals surface area contributed by atoms with E-state index in [1.807, 2.05) is 55.5 Å². The van der Waals surface area contributed by atoms with Crippen LogP contribution in [0.2, 0.25) is 0 Å². The number of hydrogen-bond donors (Lipinski definition) is 2. The number of aromatic nitrogens is 1. The van der Waals surface area contributed by atoms with Gasteiger partial charge >= 0.3 is 0 Å². The van der Waals surface area contributed by atoms with E-state index in [1.165, 1.54) is 0 Å². The maximum absolute atomic E-state index is 12.6. The maximum Gasteiger partial charge on any atom is 0.256 e. The lowest BCUT2D eigenvalue weighted by Crippen LogP contribution is -2.15. The summed E-state index contributed by atoms with van der Waals surface area (Å²) in [7, 11) is -1.68. The van der Waals surface area contributed by atoms with Crippen LogP contribution >= 0.6 is 0 Å². The highest BCUT2D eigenvalue weighted by atomic mass is 32.2. The summed E-state index contributed by atoms with van der Waals surface area (Å²) in [4.78, 5) is 15.5. The molecule has 6 nitrogen and oxygen atoms in total. The molecule has 0 aliphatic heterocycles. The highest BCUT2D eigenvalue weighted by Gasteiger charge is 2.22. The molecule has 3 rings (SSSR count). The molecule has 0 bridgehead atoms. The van der Waals surface area contributed by atoms with Crippen LogP contribution in [0.4, 0.5) is 5.69 Å². The number of ether oxygens (including phenoxy) is 1. The third kappa shape index (κ3) is 6.14. The van der Waals surface area contributed by atoms with Crippen LogP contribution in [0.5, 0.6) is 5.75 Å². The number of H-pyrrole nitrogens is 1. The van der Waals surface area contributed by atoms with Crippen LogP contribution in [0, 0.1) is 6.92 Å². The lowest BCUT2D eigenvalue weighted by Gasteiger charge is -2.24. The molecule has 3 aromatic rings. The van der Waals surface area contributed by atoms with Gasteiger partial charge in [-0.3, -0.25) is 9.52 Å². The summed E-state index contributed by atoms with van der Waals surface area (Å²) in [6.45, 7) is 8.17. The van der Waals surface area contributed by atoms with Crippen LogP contribution in [0.3, 0.4) is 0 Å². The van der Waals surface area contributed by atoms with Crippen LogP contribution in [0.25, 0.3) is 23.3 Å². The summed E-state index contributed by atoms with van der Waals surface area (Å²) >= 11 is 0. The molecule has 0 unspecified atom stereocenters. The molecule has 1 aromatic heterocycles. The summed E-state index contributed by atoms with van der Waals surface area (Å²) in [6.07, 6.45) is 4.99. The molecule has 0 amide bonds. The average molecular weight is 467 g/mol. The fourth-order valence-electron chi connectivity index (χ4n) is 3.58. The Kier molecular flexibility index (Phi) is 6.84. The second-order valence-electron chi connectivity index (χ2n) is 9.11. The van der Waals surface area contributed by atoms with Crippen LogP contribution in [-0.4, -0.2) is 26.8 Å². The third-order valence-corrected chi connectivity index (χ3v) is 5.77. The first-order chi connectivity index (χ1) is 15.4. The summed E-state index contributed by atoms with van der Waals surface area (Å²) in [5.41, 5.74) is 5.11. The lowest BCUT2D eigenvalue weighted by atomic mass is 9.83. The lowest BCUT2D eigenvalue weighted by molar-refractivity contribution is 0.397. The largest absolute Gasteiger partial charge is 0.496 e. The standard InChI is InChI=1S/C26H30N2O4S/c1-17-7-14-22(25(29)27-17)20-15-19(24(32-5)23(16-20)26(2,3)4)11-8-18-9-12-21(13-10-18)28-33(6,30)31/h7-16,28H,1-6H3,(H,27,29)/b11-8+. The summed E-state index contributed by atoms with van der Waals surface area (Å²) in [6, 6.07) is 14.8. The van der Waals surface area contributed by atoms with Crippen molar-refractivity contribution in [2.45, 2.75) is 33.1 Å². The van der Waals surface area contributed by atoms with Crippen molar-refractivity contribution in [2.24, 2.45) is 0 Å². The quantitative estimate of drug-likeness (QED) is 0.489. The van der Waals surface area contributed by atoms with Crippen LogP contribution in [-0.2, 0) is 15.4 Å². The molecule has 33 heavy (non-hydrogen) atoms. The molecule has 0 fully saturated rings. The molecule has 2 aromatic carbocycles. The van der Waals surface area contributed by atoms with E-state index in [1.54, 1.807) is 19.2 Å². The number of benzene rings is 2. The van der Waals surface area contributed by atoms with Crippen molar-refractivity contribution in [1.82, 2.24) is 4.98 Å². The molecular weight excluding hydrogens is 436 g/mol. The molecule has 0 radical (unpaired) electrons. The number of anilines is 1. The van der Waals surface area contributed by atoms with Gasteiger partial charge in [0.2, 0.25) is 10.0 Å². The monoisotopic (exact) mass is 466 g/mol. The van der Waals surface area contributed by atoms with Gasteiger partial charge in [0, 0.05) is 28.1 Å². The van der Waals surface area contributed by atoms with Gasteiger partial charge in [0.05, 0.1) is 13.4 Å². The van der Waals surface area contributed by atoms with E-state index in [9.17, 15) is 13.2 Å². The average Bonchev–Trinajstić information content (AvgIpc) is 2.71. The van der Waals surface area contributed by atoms with Crippen molar-refractivity contribution >= 4 is 27.9 Å². The number of nitrogens with one attached hydrogen (secondary N) is 2. The van der Waals surface area contributed by atoms with Gasteiger partial charge in [0.15, 0.2) is 0 Å². The molecule has 2 N–H and O–H groups in total. The summed E-state index contributed by atoms with van der Waals surface area (Å²) in [5, 5.41) is 0. The molecule has 1 heterocycles. The summed E-state index contributed by atoms with van der Waals surface area (Å²) in [5.74, 6) is 0.751. The number of rotatable bonds is 6. The zero-order valence-electron chi connectivity index (χ0n) is 19.8. The molecule has 7 heteroatoms. The number of methoxy groups -OCH3 is 1. The van der Waals surface area contributed by atoms with Gasteiger partial charge in [-0.1, -0.05) is 45.1 Å². The number of aromatic amines is 1. The fourth-order valence-corrected chi connectivity index (χ4v) is 4.14. The molecule has 0 saturated carbocycles. The van der Waals surface area contributed by atoms with Crippen molar-refractivity contribution in [1.29, 1.82) is 0 Å². The second kappa shape index (κ2) is 9.27. The minimum atomic E-state index is -3.32. The topological polar surface area (TPSA) is 88.3 Å². The first kappa shape index (κ1) is 24.3. The Hall–Kier alpha value is -3.32. The minimum absolute atomic E-state index is 0.135. The smallest absolute Gasteiger partial charge is 0.256 e. The first-order valence-corrected chi connectivity index (χ1v) is 12.5. The van der Waals surface area contributed by atoms with E-state index in [4.69, 9.17) is 4.74 Å². The van der Waals surface area contributed by atoms with Gasteiger partial charge in [0.1, 0.15) is 5.75 Å². The Morgan fingerprint density at radius 3 is 2.21 bits per heavy atom. The van der Waals surface area contributed by atoms with Gasteiger partial charge in [-0.25, -0.2) is 8.42 Å². The van der Waals surface area contributed by atoms with E-state index >= 15 is 0 Å². The normalized spacial score (nSPS) is 12.2. The van der Waals surface area contributed by atoms with Crippen molar-refractivity contribution in [3.63, 3.8) is 0 Å². The molecule has 0 atom stereocenters. The molecule has 0 saturated heterocycles. The van der Waals surface area contributed by atoms with Crippen molar-refractivity contribution in [2.75, 3.05) is 18.1 Å². The minimum Gasteiger partial charge on any atom is -0.496 e. The van der Waals surface area contributed by atoms with E-state index in [2.05, 4.69) is 30.5 Å². The van der Waals surface area contributed by atoms with Crippen LogP contribution in [0.1, 0.15) is 43.2 Å². The Balaban J connectivity index is 2.09. The molecule has 0 aliphatic rings. The molecule has 0 aliphatic carbocycles. The van der Waals surface area contributed by atoms with Crippen molar-refractivity contribution in [3.05, 3.63) is 81.3 Å². The van der Waals surface area contributed by atoms with E-state index in [-0.39, 0.29) is 11.0 Å². The highest BCUT2D eigenvalue weighted by Crippen LogP contribution is 2.38. The zero-order valence-corrected chi connectivity index (χ0v) is 20.6. The number of pyridine rings is 1. The fraction of sp³-hybridized carbons (Fsp3) is 0.269. The predicted molar refractivity (Wildman–Crippen MR) is 136 cm³/mol. The van der Waals surface area contributed by atoms with Crippen molar-refractivity contribution < 1.29 is 13.2 Å². The number of sulfonamides is 1. The zero-order chi connectivity index (χ0) is 24.4. The molecule has 0 spiro atoms. The van der Waals surface area contributed by atoms with E-state index < -0.39 is 10.0 Å². The predicted octanol–water partition coefficient (Wildman–Crippen LogP) is 5.20. The first-order valence-electron chi connectivity index (χ1n) is 10.6. The van der Waals surface area contributed by atoms with E-state index in [0.29, 0.717) is 11.3 Å². The summed E-state index contributed by atoms with van der Waals surface area (Å²) < 4.78 is 31.1. The Morgan fingerprint density at radius 2 is 1.67 bits per heavy atom. The van der Waals surface area contributed by atoms with Gasteiger partial charge < -0.3 is 9.72 Å². The molecule has 174 valence electrons.